The highest BCUT2D eigenvalue weighted by Crippen LogP contribution is 2.24. The van der Waals surface area contributed by atoms with Crippen LogP contribution in [0, 0.1) is 0 Å². The number of fused-ring (bicyclic) bond motifs is 1. The smallest absolute Gasteiger partial charge is 0.257 e. The zero-order chi connectivity index (χ0) is 15.4. The third kappa shape index (κ3) is 2.91. The first-order valence-electron chi connectivity index (χ1n) is 7.62. The molecule has 1 amide bonds. The van der Waals surface area contributed by atoms with E-state index in [-0.39, 0.29) is 5.91 Å². The van der Waals surface area contributed by atoms with E-state index in [4.69, 9.17) is 4.74 Å². The summed E-state index contributed by atoms with van der Waals surface area (Å²) in [4.78, 5) is 14.7. The van der Waals surface area contributed by atoms with E-state index in [1.54, 1.807) is 0 Å². The Morgan fingerprint density at radius 2 is 1.95 bits per heavy atom. The average Bonchev–Trinajstić information content (AvgIpc) is 2.77. The normalized spacial score (nSPS) is 13.8. The Bertz CT molecular complexity index is 670. The molecule has 0 aliphatic carbocycles. The summed E-state index contributed by atoms with van der Waals surface area (Å²) in [5, 5.41) is 3.38. The summed E-state index contributed by atoms with van der Waals surface area (Å²) >= 11 is 0. The lowest BCUT2D eigenvalue weighted by Crippen LogP contribution is -2.32. The fourth-order valence-electron chi connectivity index (χ4n) is 2.71. The standard InChI is InChI=1S/C18H20N2O2/c1-2-22-17-10-6-4-8-15(17)18(21)20-12-11-19-16-9-5-3-7-14(16)13-20/h3-10,19H,2,11-13H2,1H3. The SMILES string of the molecule is CCOc1ccccc1C(=O)N1CCNc2ccccc2C1. The first kappa shape index (κ1) is 14.4. The molecule has 0 radical (unpaired) electrons. The number of benzene rings is 2. The molecule has 1 N–H and O–H groups in total. The van der Waals surface area contributed by atoms with E-state index in [1.165, 1.54) is 0 Å². The van der Waals surface area contributed by atoms with Crippen LogP contribution in [0.3, 0.4) is 0 Å². The van der Waals surface area contributed by atoms with Crippen LogP contribution in [0.25, 0.3) is 0 Å². The number of amides is 1. The van der Waals surface area contributed by atoms with E-state index in [2.05, 4.69) is 17.4 Å². The molecule has 2 aromatic rings. The molecule has 0 bridgehead atoms. The Balaban J connectivity index is 1.87. The number of carbonyl (C=O) groups is 1. The summed E-state index contributed by atoms with van der Waals surface area (Å²) in [5.41, 5.74) is 2.88. The second-order valence-corrected chi connectivity index (χ2v) is 5.24. The summed E-state index contributed by atoms with van der Waals surface area (Å²) < 4.78 is 5.59. The maximum atomic E-state index is 12.9. The Morgan fingerprint density at radius 3 is 2.82 bits per heavy atom. The van der Waals surface area contributed by atoms with Crippen LogP contribution < -0.4 is 10.1 Å². The molecule has 4 heteroatoms. The predicted molar refractivity (Wildman–Crippen MR) is 87.3 cm³/mol. The monoisotopic (exact) mass is 296 g/mol. The van der Waals surface area contributed by atoms with Crippen LogP contribution >= 0.6 is 0 Å². The van der Waals surface area contributed by atoms with Crippen molar-refractivity contribution in [1.29, 1.82) is 0 Å². The predicted octanol–water partition coefficient (Wildman–Crippen LogP) is 3.15. The molecule has 3 rings (SSSR count). The summed E-state index contributed by atoms with van der Waals surface area (Å²) in [6.45, 7) is 4.51. The second kappa shape index (κ2) is 6.52. The molecule has 4 nitrogen and oxygen atoms in total. The van der Waals surface area contributed by atoms with Crippen molar-refractivity contribution < 1.29 is 9.53 Å². The fraction of sp³-hybridized carbons (Fsp3) is 0.278. The molecular formula is C18H20N2O2. The van der Waals surface area contributed by atoms with Crippen LogP contribution in [0.5, 0.6) is 5.75 Å². The van der Waals surface area contributed by atoms with Gasteiger partial charge in [0.25, 0.3) is 5.91 Å². The molecule has 2 aromatic carbocycles. The highest BCUT2D eigenvalue weighted by molar-refractivity contribution is 5.97. The number of nitrogens with zero attached hydrogens (tertiary/aromatic N) is 1. The van der Waals surface area contributed by atoms with Gasteiger partial charge < -0.3 is 15.0 Å². The van der Waals surface area contributed by atoms with Gasteiger partial charge in [0.15, 0.2) is 0 Å². The number of anilines is 1. The number of hydrogen-bond donors (Lipinski definition) is 1. The lowest BCUT2D eigenvalue weighted by atomic mass is 10.1. The van der Waals surface area contributed by atoms with Gasteiger partial charge in [-0.3, -0.25) is 4.79 Å². The van der Waals surface area contributed by atoms with Crippen molar-refractivity contribution in [2.75, 3.05) is 25.0 Å². The summed E-state index contributed by atoms with van der Waals surface area (Å²) in [7, 11) is 0. The van der Waals surface area contributed by atoms with Crippen LogP contribution in [0.1, 0.15) is 22.8 Å². The molecule has 0 atom stereocenters. The third-order valence-electron chi connectivity index (χ3n) is 3.78. The molecular weight excluding hydrogens is 276 g/mol. The van der Waals surface area contributed by atoms with Crippen molar-refractivity contribution in [3.8, 4) is 5.75 Å². The number of rotatable bonds is 3. The summed E-state index contributed by atoms with van der Waals surface area (Å²) in [6.07, 6.45) is 0. The maximum absolute atomic E-state index is 12.9. The molecule has 0 spiro atoms. The first-order chi connectivity index (χ1) is 10.8. The first-order valence-corrected chi connectivity index (χ1v) is 7.62. The van der Waals surface area contributed by atoms with Gasteiger partial charge in [0.2, 0.25) is 0 Å². The van der Waals surface area contributed by atoms with E-state index >= 15 is 0 Å². The fourth-order valence-corrected chi connectivity index (χ4v) is 2.71. The zero-order valence-electron chi connectivity index (χ0n) is 12.7. The minimum absolute atomic E-state index is 0.0163. The Kier molecular flexibility index (Phi) is 4.28. The van der Waals surface area contributed by atoms with E-state index in [1.807, 2.05) is 48.2 Å². The Labute approximate surface area is 130 Å². The van der Waals surface area contributed by atoms with Crippen molar-refractivity contribution in [2.24, 2.45) is 0 Å². The topological polar surface area (TPSA) is 41.6 Å². The lowest BCUT2D eigenvalue weighted by molar-refractivity contribution is 0.0749. The van der Waals surface area contributed by atoms with Crippen LogP contribution in [0.4, 0.5) is 5.69 Å². The quantitative estimate of drug-likeness (QED) is 0.946. The Hall–Kier alpha value is -2.49. The minimum Gasteiger partial charge on any atom is -0.493 e. The van der Waals surface area contributed by atoms with Crippen LogP contribution in [0.15, 0.2) is 48.5 Å². The molecule has 22 heavy (non-hydrogen) atoms. The number of carbonyl (C=O) groups excluding carboxylic acids is 1. The molecule has 0 fully saturated rings. The largest absolute Gasteiger partial charge is 0.493 e. The van der Waals surface area contributed by atoms with Crippen LogP contribution in [-0.4, -0.2) is 30.5 Å². The van der Waals surface area contributed by atoms with Gasteiger partial charge >= 0.3 is 0 Å². The van der Waals surface area contributed by atoms with Crippen molar-refractivity contribution >= 4 is 11.6 Å². The molecule has 1 heterocycles. The van der Waals surface area contributed by atoms with Gasteiger partial charge in [0.1, 0.15) is 5.75 Å². The number of nitrogens with one attached hydrogen (secondary N) is 1. The molecule has 0 saturated carbocycles. The molecule has 1 aliphatic rings. The number of ether oxygens (including phenoxy) is 1. The second-order valence-electron chi connectivity index (χ2n) is 5.24. The van der Waals surface area contributed by atoms with Gasteiger partial charge in [-0.25, -0.2) is 0 Å². The van der Waals surface area contributed by atoms with Crippen molar-refractivity contribution in [3.63, 3.8) is 0 Å². The summed E-state index contributed by atoms with van der Waals surface area (Å²) in [6, 6.07) is 15.6. The van der Waals surface area contributed by atoms with Crippen LogP contribution in [-0.2, 0) is 6.54 Å². The van der Waals surface area contributed by atoms with Gasteiger partial charge in [-0.1, -0.05) is 30.3 Å². The highest BCUT2D eigenvalue weighted by Gasteiger charge is 2.22. The van der Waals surface area contributed by atoms with Gasteiger partial charge in [0, 0.05) is 25.3 Å². The molecule has 0 saturated heterocycles. The molecule has 114 valence electrons. The molecule has 0 unspecified atom stereocenters. The van der Waals surface area contributed by atoms with E-state index in [0.717, 1.165) is 17.8 Å². The van der Waals surface area contributed by atoms with E-state index < -0.39 is 0 Å². The third-order valence-corrected chi connectivity index (χ3v) is 3.78. The minimum atomic E-state index is 0.0163. The van der Waals surface area contributed by atoms with Gasteiger partial charge in [-0.15, -0.1) is 0 Å². The van der Waals surface area contributed by atoms with Crippen molar-refractivity contribution in [2.45, 2.75) is 13.5 Å². The molecule has 1 aliphatic heterocycles. The summed E-state index contributed by atoms with van der Waals surface area (Å²) in [5.74, 6) is 0.669. The average molecular weight is 296 g/mol. The number of para-hydroxylation sites is 2. The zero-order valence-corrected chi connectivity index (χ0v) is 12.7. The van der Waals surface area contributed by atoms with E-state index in [0.29, 0.717) is 31.0 Å². The maximum Gasteiger partial charge on any atom is 0.257 e. The molecule has 0 aromatic heterocycles. The van der Waals surface area contributed by atoms with E-state index in [9.17, 15) is 4.79 Å². The van der Waals surface area contributed by atoms with Gasteiger partial charge in [-0.05, 0) is 30.7 Å². The van der Waals surface area contributed by atoms with Crippen molar-refractivity contribution in [3.05, 3.63) is 59.7 Å². The van der Waals surface area contributed by atoms with Crippen LogP contribution in [0.2, 0.25) is 0 Å². The lowest BCUT2D eigenvalue weighted by Gasteiger charge is -2.21. The van der Waals surface area contributed by atoms with Crippen molar-refractivity contribution in [1.82, 2.24) is 4.90 Å². The Morgan fingerprint density at radius 1 is 1.18 bits per heavy atom. The number of hydrogen-bond acceptors (Lipinski definition) is 3. The van der Waals surface area contributed by atoms with Gasteiger partial charge in [-0.2, -0.15) is 0 Å². The van der Waals surface area contributed by atoms with Gasteiger partial charge in [0.05, 0.1) is 12.2 Å². The highest BCUT2D eigenvalue weighted by atomic mass is 16.5.